The number of hydrogen-bond donors (Lipinski definition) is 2. The van der Waals surface area contributed by atoms with Gasteiger partial charge in [-0.2, -0.15) is 0 Å². The SMILES string of the molecule is CCC(CC)(CO)NC(=O)CC1C=CCC1. The summed E-state index contributed by atoms with van der Waals surface area (Å²) in [6.07, 6.45) is 8.52. The van der Waals surface area contributed by atoms with Crippen LogP contribution in [-0.2, 0) is 4.79 Å². The molecule has 1 unspecified atom stereocenters. The molecular formula is C13H23NO2. The molecule has 1 atom stereocenters. The highest BCUT2D eigenvalue weighted by molar-refractivity contribution is 5.77. The second-order valence-electron chi connectivity index (χ2n) is 4.66. The molecule has 3 heteroatoms. The van der Waals surface area contributed by atoms with Crippen LogP contribution in [0.5, 0.6) is 0 Å². The van der Waals surface area contributed by atoms with Crippen molar-refractivity contribution in [1.82, 2.24) is 5.32 Å². The van der Waals surface area contributed by atoms with Gasteiger partial charge in [-0.25, -0.2) is 0 Å². The summed E-state index contributed by atoms with van der Waals surface area (Å²) in [6, 6.07) is 0. The Morgan fingerprint density at radius 3 is 2.62 bits per heavy atom. The van der Waals surface area contributed by atoms with Crippen LogP contribution < -0.4 is 5.32 Å². The number of carbonyl (C=O) groups is 1. The van der Waals surface area contributed by atoms with Crippen molar-refractivity contribution >= 4 is 5.91 Å². The van der Waals surface area contributed by atoms with Gasteiger partial charge in [-0.1, -0.05) is 26.0 Å². The molecule has 92 valence electrons. The van der Waals surface area contributed by atoms with Gasteiger partial charge in [0, 0.05) is 6.42 Å². The summed E-state index contributed by atoms with van der Waals surface area (Å²) in [4.78, 5) is 11.8. The van der Waals surface area contributed by atoms with Crippen molar-refractivity contribution in [3.05, 3.63) is 12.2 Å². The standard InChI is InChI=1S/C13H23NO2/c1-3-13(4-2,10-15)14-12(16)9-11-7-5-6-8-11/h5,7,11,15H,3-4,6,8-10H2,1-2H3,(H,14,16). The summed E-state index contributed by atoms with van der Waals surface area (Å²) in [5.74, 6) is 0.458. The van der Waals surface area contributed by atoms with E-state index in [1.807, 2.05) is 13.8 Å². The molecule has 2 N–H and O–H groups in total. The first-order valence-electron chi connectivity index (χ1n) is 6.24. The molecule has 1 rings (SSSR count). The molecular weight excluding hydrogens is 202 g/mol. The number of aliphatic hydroxyl groups excluding tert-OH is 1. The number of amides is 1. The highest BCUT2D eigenvalue weighted by Crippen LogP contribution is 2.21. The monoisotopic (exact) mass is 225 g/mol. The molecule has 0 saturated heterocycles. The fourth-order valence-corrected chi connectivity index (χ4v) is 2.14. The lowest BCUT2D eigenvalue weighted by Crippen LogP contribution is -2.50. The second-order valence-corrected chi connectivity index (χ2v) is 4.66. The van der Waals surface area contributed by atoms with E-state index in [1.54, 1.807) is 0 Å². The number of allylic oxidation sites excluding steroid dienone is 2. The third-order valence-electron chi connectivity index (χ3n) is 3.62. The van der Waals surface area contributed by atoms with E-state index < -0.39 is 5.54 Å². The van der Waals surface area contributed by atoms with Gasteiger partial charge in [0.05, 0.1) is 12.1 Å². The number of carbonyl (C=O) groups excluding carboxylic acids is 1. The minimum Gasteiger partial charge on any atom is -0.394 e. The summed E-state index contributed by atoms with van der Waals surface area (Å²) in [5.41, 5.74) is -0.417. The zero-order chi connectivity index (χ0) is 12.0. The summed E-state index contributed by atoms with van der Waals surface area (Å²) >= 11 is 0. The van der Waals surface area contributed by atoms with Gasteiger partial charge in [-0.15, -0.1) is 0 Å². The van der Waals surface area contributed by atoms with Gasteiger partial charge in [-0.3, -0.25) is 4.79 Å². The number of aliphatic hydroxyl groups is 1. The van der Waals surface area contributed by atoms with E-state index in [0.717, 1.165) is 25.7 Å². The van der Waals surface area contributed by atoms with Crippen LogP contribution in [0.2, 0.25) is 0 Å². The Morgan fingerprint density at radius 1 is 1.50 bits per heavy atom. The first-order chi connectivity index (χ1) is 7.65. The van der Waals surface area contributed by atoms with Gasteiger partial charge in [0.2, 0.25) is 5.91 Å². The van der Waals surface area contributed by atoms with E-state index in [1.165, 1.54) is 0 Å². The van der Waals surface area contributed by atoms with Crippen LogP contribution in [0, 0.1) is 5.92 Å². The average Bonchev–Trinajstić information content (AvgIpc) is 2.79. The van der Waals surface area contributed by atoms with Crippen molar-refractivity contribution in [3.63, 3.8) is 0 Å². The van der Waals surface area contributed by atoms with Crippen LogP contribution in [0.15, 0.2) is 12.2 Å². The van der Waals surface area contributed by atoms with E-state index in [9.17, 15) is 9.90 Å². The summed E-state index contributed by atoms with van der Waals surface area (Å²) < 4.78 is 0. The molecule has 1 amide bonds. The maximum Gasteiger partial charge on any atom is 0.221 e. The van der Waals surface area contributed by atoms with Crippen molar-refractivity contribution in [1.29, 1.82) is 0 Å². The molecule has 16 heavy (non-hydrogen) atoms. The van der Waals surface area contributed by atoms with E-state index >= 15 is 0 Å². The Kier molecular flexibility index (Phi) is 5.00. The van der Waals surface area contributed by atoms with E-state index in [2.05, 4.69) is 17.5 Å². The zero-order valence-corrected chi connectivity index (χ0v) is 10.3. The van der Waals surface area contributed by atoms with Crippen molar-refractivity contribution in [2.45, 2.75) is 51.5 Å². The van der Waals surface area contributed by atoms with Gasteiger partial charge in [0.15, 0.2) is 0 Å². The van der Waals surface area contributed by atoms with Gasteiger partial charge >= 0.3 is 0 Å². The third-order valence-corrected chi connectivity index (χ3v) is 3.62. The Hall–Kier alpha value is -0.830. The quantitative estimate of drug-likeness (QED) is 0.679. The third kappa shape index (κ3) is 3.34. The first kappa shape index (κ1) is 13.2. The maximum atomic E-state index is 11.8. The zero-order valence-electron chi connectivity index (χ0n) is 10.3. The fourth-order valence-electron chi connectivity index (χ4n) is 2.14. The highest BCUT2D eigenvalue weighted by Gasteiger charge is 2.27. The topological polar surface area (TPSA) is 49.3 Å². The van der Waals surface area contributed by atoms with Crippen LogP contribution >= 0.6 is 0 Å². The minimum atomic E-state index is -0.417. The summed E-state index contributed by atoms with van der Waals surface area (Å²) in [7, 11) is 0. The van der Waals surface area contributed by atoms with Crippen molar-refractivity contribution < 1.29 is 9.90 Å². The molecule has 0 fully saturated rings. The maximum absolute atomic E-state index is 11.8. The molecule has 0 aliphatic heterocycles. The molecule has 0 aromatic carbocycles. The molecule has 0 radical (unpaired) electrons. The Balaban J connectivity index is 2.44. The van der Waals surface area contributed by atoms with Crippen molar-refractivity contribution in [3.8, 4) is 0 Å². The molecule has 0 bridgehead atoms. The van der Waals surface area contributed by atoms with Crippen LogP contribution in [-0.4, -0.2) is 23.2 Å². The fraction of sp³-hybridized carbons (Fsp3) is 0.769. The molecule has 0 aromatic rings. The predicted octanol–water partition coefficient (Wildman–Crippen LogP) is 2.01. The molecule has 3 nitrogen and oxygen atoms in total. The lowest BCUT2D eigenvalue weighted by atomic mass is 9.93. The average molecular weight is 225 g/mol. The van der Waals surface area contributed by atoms with E-state index in [4.69, 9.17) is 0 Å². The van der Waals surface area contributed by atoms with Crippen LogP contribution in [0.3, 0.4) is 0 Å². The van der Waals surface area contributed by atoms with Gasteiger partial charge in [0.25, 0.3) is 0 Å². The molecule has 0 saturated carbocycles. The smallest absolute Gasteiger partial charge is 0.221 e. The van der Waals surface area contributed by atoms with Crippen molar-refractivity contribution in [2.24, 2.45) is 5.92 Å². The molecule has 1 aliphatic rings. The van der Waals surface area contributed by atoms with Crippen molar-refractivity contribution in [2.75, 3.05) is 6.61 Å². The number of rotatable bonds is 6. The van der Waals surface area contributed by atoms with Crippen LogP contribution in [0.4, 0.5) is 0 Å². The minimum absolute atomic E-state index is 0.0201. The second kappa shape index (κ2) is 6.04. The number of hydrogen-bond acceptors (Lipinski definition) is 2. The number of nitrogens with one attached hydrogen (secondary N) is 1. The molecule has 0 aromatic heterocycles. The molecule has 0 spiro atoms. The molecule has 0 heterocycles. The van der Waals surface area contributed by atoms with Crippen LogP contribution in [0.1, 0.15) is 46.0 Å². The van der Waals surface area contributed by atoms with Gasteiger partial charge in [-0.05, 0) is 31.6 Å². The molecule has 1 aliphatic carbocycles. The predicted molar refractivity (Wildman–Crippen MR) is 65.0 cm³/mol. The van der Waals surface area contributed by atoms with Crippen LogP contribution in [0.25, 0.3) is 0 Å². The Labute approximate surface area is 97.9 Å². The Morgan fingerprint density at radius 2 is 2.19 bits per heavy atom. The van der Waals surface area contributed by atoms with E-state index in [-0.39, 0.29) is 12.5 Å². The normalized spacial score (nSPS) is 20.1. The highest BCUT2D eigenvalue weighted by atomic mass is 16.3. The first-order valence-corrected chi connectivity index (χ1v) is 6.24. The van der Waals surface area contributed by atoms with Gasteiger partial charge < -0.3 is 10.4 Å². The lowest BCUT2D eigenvalue weighted by Gasteiger charge is -2.31. The van der Waals surface area contributed by atoms with Gasteiger partial charge in [0.1, 0.15) is 0 Å². The lowest BCUT2D eigenvalue weighted by molar-refractivity contribution is -0.124. The van der Waals surface area contributed by atoms with E-state index in [0.29, 0.717) is 12.3 Å². The Bertz CT molecular complexity index is 248. The largest absolute Gasteiger partial charge is 0.394 e. The summed E-state index contributed by atoms with van der Waals surface area (Å²) in [6.45, 7) is 4.01. The summed E-state index contributed by atoms with van der Waals surface area (Å²) in [5, 5.41) is 12.3.